The fourth-order valence-corrected chi connectivity index (χ4v) is 4.04. The molecule has 1 aliphatic heterocycles. The van der Waals surface area contributed by atoms with Crippen molar-refractivity contribution in [2.24, 2.45) is 7.05 Å². The number of anilines is 1. The molecule has 0 saturated carbocycles. The topological polar surface area (TPSA) is 75.4 Å². The molecule has 0 amide bonds. The first-order valence-electron chi connectivity index (χ1n) is 7.36. The molecule has 0 spiro atoms. The van der Waals surface area contributed by atoms with Crippen LogP contribution in [0.1, 0.15) is 30.7 Å². The van der Waals surface area contributed by atoms with E-state index in [9.17, 15) is 13.5 Å². The molecular weight excluding hydrogens is 415 g/mol. The molecule has 1 aromatic carbocycles. The summed E-state index contributed by atoms with van der Waals surface area (Å²) >= 11 is 0. The van der Waals surface area contributed by atoms with Crippen LogP contribution >= 0.6 is 0 Å². The maximum atomic E-state index is 12.7. The van der Waals surface area contributed by atoms with Crippen molar-refractivity contribution in [2.45, 2.75) is 20.8 Å². The Hall–Kier alpha value is -1.18. The predicted molar refractivity (Wildman–Crippen MR) is 98.9 cm³/mol. The molecule has 1 aromatic heterocycles. The molecule has 0 atom stereocenters. The standard InChI is InChI=1S/C14H15N3O3S.C2H6.CH3.Y/c1-9-6-4-5-7-10(9)14-13(18)12-11(8-15-16(12)2)17(3)21(14,19)20;1-2;;/h4-8,18H,1-3H3;1-2H3;1H3;/q;;-1;. The number of hydrogen-bond acceptors (Lipinski definition) is 4. The number of aliphatic hydroxyl groups is 1. The van der Waals surface area contributed by atoms with E-state index in [0.717, 1.165) is 9.87 Å². The van der Waals surface area contributed by atoms with Crippen LogP contribution in [0, 0.1) is 14.4 Å². The number of aryl methyl sites for hydroxylation is 2. The summed E-state index contributed by atoms with van der Waals surface area (Å²) in [6, 6.07) is 7.07. The first kappa shape index (κ1) is 23.8. The van der Waals surface area contributed by atoms with Crippen LogP contribution < -0.4 is 4.31 Å². The molecule has 0 aliphatic carbocycles. The second-order valence-electron chi connectivity index (χ2n) is 4.97. The van der Waals surface area contributed by atoms with Crippen LogP contribution in [-0.2, 0) is 49.8 Å². The van der Waals surface area contributed by atoms with Crippen molar-refractivity contribution in [3.63, 3.8) is 0 Å². The van der Waals surface area contributed by atoms with Crippen LogP contribution in [0.4, 0.5) is 5.69 Å². The van der Waals surface area contributed by atoms with Gasteiger partial charge in [-0.25, -0.2) is 8.42 Å². The SMILES string of the molecule is CC.Cc1ccccc1C1=C(O)c2c(cnn2C)N(C)S1(=O)=O.[CH3-].[Y]. The van der Waals surface area contributed by atoms with E-state index in [1.165, 1.54) is 17.9 Å². The Morgan fingerprint density at radius 2 is 1.68 bits per heavy atom. The van der Waals surface area contributed by atoms with Crippen molar-refractivity contribution in [2.75, 3.05) is 11.4 Å². The van der Waals surface area contributed by atoms with E-state index in [0.29, 0.717) is 16.9 Å². The molecule has 25 heavy (non-hydrogen) atoms. The minimum absolute atomic E-state index is 0. The summed E-state index contributed by atoms with van der Waals surface area (Å²) in [6.07, 6.45) is 1.43. The third-order valence-electron chi connectivity index (χ3n) is 3.71. The molecule has 0 bridgehead atoms. The Kier molecular flexibility index (Phi) is 8.54. The summed E-state index contributed by atoms with van der Waals surface area (Å²) in [5.74, 6) is -0.266. The average Bonchev–Trinajstić information content (AvgIpc) is 2.91. The van der Waals surface area contributed by atoms with Gasteiger partial charge in [-0.1, -0.05) is 38.1 Å². The fraction of sp³-hybridized carbons (Fsp3) is 0.294. The molecule has 1 aliphatic rings. The van der Waals surface area contributed by atoms with Crippen LogP contribution in [-0.4, -0.2) is 30.4 Å². The van der Waals surface area contributed by atoms with Crippen LogP contribution in [0.15, 0.2) is 30.5 Å². The van der Waals surface area contributed by atoms with Crippen molar-refractivity contribution in [1.82, 2.24) is 9.78 Å². The molecule has 2 aromatic rings. The van der Waals surface area contributed by atoms with Crippen molar-refractivity contribution in [3.8, 4) is 0 Å². The maximum absolute atomic E-state index is 12.7. The van der Waals surface area contributed by atoms with Gasteiger partial charge in [0.05, 0.1) is 6.20 Å². The Morgan fingerprint density at radius 3 is 2.24 bits per heavy atom. The molecule has 3 rings (SSSR count). The van der Waals surface area contributed by atoms with Crippen molar-refractivity contribution in [1.29, 1.82) is 0 Å². The molecule has 6 nitrogen and oxygen atoms in total. The van der Waals surface area contributed by atoms with Gasteiger partial charge in [0.2, 0.25) is 0 Å². The minimum atomic E-state index is -3.82. The van der Waals surface area contributed by atoms with E-state index in [4.69, 9.17) is 0 Å². The number of aromatic nitrogens is 2. The van der Waals surface area contributed by atoms with Gasteiger partial charge < -0.3 is 12.5 Å². The number of nitrogens with zero attached hydrogens (tertiary/aromatic N) is 3. The molecule has 0 saturated heterocycles. The average molecular weight is 439 g/mol. The number of sulfonamides is 1. The number of benzene rings is 1. The zero-order chi connectivity index (χ0) is 17.4. The largest absolute Gasteiger partial charge is 0.504 e. The number of rotatable bonds is 1. The van der Waals surface area contributed by atoms with Crippen LogP contribution in [0.5, 0.6) is 0 Å². The quantitative estimate of drug-likeness (QED) is 0.692. The molecule has 1 N–H and O–H groups in total. The Bertz CT molecular complexity index is 873. The third-order valence-corrected chi connectivity index (χ3v) is 5.55. The van der Waals surface area contributed by atoms with E-state index in [1.54, 1.807) is 19.2 Å². The van der Waals surface area contributed by atoms with Crippen molar-refractivity contribution >= 4 is 26.4 Å². The second kappa shape index (κ2) is 8.96. The van der Waals surface area contributed by atoms with Gasteiger partial charge in [0.1, 0.15) is 16.3 Å². The summed E-state index contributed by atoms with van der Waals surface area (Å²) in [7, 11) is -0.696. The third kappa shape index (κ3) is 3.83. The molecule has 1 radical (unpaired) electrons. The van der Waals surface area contributed by atoms with Gasteiger partial charge in [-0.05, 0) is 12.5 Å². The molecular formula is C17H24N3O3SY-. The summed E-state index contributed by atoms with van der Waals surface area (Å²) in [5.41, 5.74) is 2.04. The van der Waals surface area contributed by atoms with E-state index in [1.807, 2.05) is 32.9 Å². The normalized spacial score (nSPS) is 14.5. The van der Waals surface area contributed by atoms with E-state index in [2.05, 4.69) is 5.10 Å². The van der Waals surface area contributed by atoms with Crippen LogP contribution in [0.2, 0.25) is 0 Å². The molecule has 0 unspecified atom stereocenters. The minimum Gasteiger partial charge on any atom is -0.504 e. The summed E-state index contributed by atoms with van der Waals surface area (Å²) in [4.78, 5) is -0.0841. The van der Waals surface area contributed by atoms with Gasteiger partial charge in [-0.2, -0.15) is 5.10 Å². The molecule has 8 heteroatoms. The van der Waals surface area contributed by atoms with Crippen LogP contribution in [0.3, 0.4) is 0 Å². The summed E-state index contributed by atoms with van der Waals surface area (Å²) in [6.45, 7) is 5.81. The Labute approximate surface area is 175 Å². The number of hydrogen-bond donors (Lipinski definition) is 1. The van der Waals surface area contributed by atoms with Gasteiger partial charge in [-0.15, -0.1) is 0 Å². The van der Waals surface area contributed by atoms with Crippen LogP contribution in [0.25, 0.3) is 10.7 Å². The Morgan fingerprint density at radius 1 is 1.12 bits per heavy atom. The first-order chi connectivity index (χ1) is 10.9. The van der Waals surface area contributed by atoms with Gasteiger partial charge in [0.25, 0.3) is 10.0 Å². The Balaban J connectivity index is 0.00000139. The number of aliphatic hydroxyl groups excluding tert-OH is 1. The second-order valence-corrected chi connectivity index (χ2v) is 6.87. The zero-order valence-electron chi connectivity index (χ0n) is 15.5. The summed E-state index contributed by atoms with van der Waals surface area (Å²) < 4.78 is 28.1. The molecule has 0 fully saturated rings. The fourth-order valence-electron chi connectivity index (χ4n) is 2.52. The van der Waals surface area contributed by atoms with Crippen molar-refractivity contribution in [3.05, 3.63) is 54.7 Å². The van der Waals surface area contributed by atoms with Gasteiger partial charge >= 0.3 is 0 Å². The monoisotopic (exact) mass is 439 g/mol. The van der Waals surface area contributed by atoms with Gasteiger partial charge in [0.15, 0.2) is 5.76 Å². The predicted octanol–water partition coefficient (Wildman–Crippen LogP) is 3.37. The summed E-state index contributed by atoms with van der Waals surface area (Å²) in [5, 5.41) is 14.6. The van der Waals surface area contributed by atoms with Gasteiger partial charge in [0, 0.05) is 52.4 Å². The van der Waals surface area contributed by atoms with Gasteiger partial charge in [-0.3, -0.25) is 8.99 Å². The van der Waals surface area contributed by atoms with E-state index < -0.39 is 10.0 Å². The number of fused-ring (bicyclic) bond motifs is 1. The van der Waals surface area contributed by atoms with E-state index in [-0.39, 0.29) is 50.8 Å². The molecule has 2 heterocycles. The molecule has 135 valence electrons. The van der Waals surface area contributed by atoms with E-state index >= 15 is 0 Å². The van der Waals surface area contributed by atoms with Crippen molar-refractivity contribution < 1.29 is 46.2 Å². The maximum Gasteiger partial charge on any atom is 0.268 e. The first-order valence-corrected chi connectivity index (χ1v) is 8.80. The smallest absolute Gasteiger partial charge is 0.268 e. The zero-order valence-corrected chi connectivity index (χ0v) is 19.1.